The van der Waals surface area contributed by atoms with Gasteiger partial charge < -0.3 is 15.7 Å². The minimum Gasteiger partial charge on any atom is -0.396 e. The summed E-state index contributed by atoms with van der Waals surface area (Å²) in [6.07, 6.45) is 3.54. The second-order valence-corrected chi connectivity index (χ2v) is 5.10. The van der Waals surface area contributed by atoms with E-state index in [1.54, 1.807) is 24.3 Å². The highest BCUT2D eigenvalue weighted by Crippen LogP contribution is 2.23. The molecule has 0 saturated carbocycles. The number of rotatable bonds is 5. The van der Waals surface area contributed by atoms with E-state index in [4.69, 9.17) is 10.8 Å². The Balaban J connectivity index is 2.07. The molecule has 0 radical (unpaired) electrons. The Bertz CT molecular complexity index is 484. The first kappa shape index (κ1) is 14.5. The van der Waals surface area contributed by atoms with Crippen molar-refractivity contribution in [2.75, 3.05) is 13.2 Å². The third-order valence-corrected chi connectivity index (χ3v) is 3.75. The lowest BCUT2D eigenvalue weighted by atomic mass is 10.1. The molecule has 1 aromatic rings. The summed E-state index contributed by atoms with van der Waals surface area (Å²) in [7, 11) is 0. The van der Waals surface area contributed by atoms with Crippen LogP contribution >= 0.6 is 0 Å². The summed E-state index contributed by atoms with van der Waals surface area (Å²) < 4.78 is 0. The summed E-state index contributed by atoms with van der Waals surface area (Å²) in [4.78, 5) is 25.3. The van der Waals surface area contributed by atoms with Crippen molar-refractivity contribution in [1.29, 1.82) is 0 Å². The second-order valence-electron chi connectivity index (χ2n) is 5.10. The number of amides is 2. The maximum absolute atomic E-state index is 12.4. The molecular weight excluding hydrogens is 256 g/mol. The second kappa shape index (κ2) is 6.52. The van der Waals surface area contributed by atoms with Crippen molar-refractivity contribution in [3.63, 3.8) is 0 Å². The number of aliphatic hydroxyl groups excluding tert-OH is 1. The molecule has 1 aromatic carbocycles. The van der Waals surface area contributed by atoms with Crippen LogP contribution in [0.15, 0.2) is 24.3 Å². The van der Waals surface area contributed by atoms with Crippen molar-refractivity contribution < 1.29 is 14.7 Å². The summed E-state index contributed by atoms with van der Waals surface area (Å²) >= 11 is 0. The topological polar surface area (TPSA) is 83.6 Å². The van der Waals surface area contributed by atoms with Crippen LogP contribution in [-0.4, -0.2) is 41.0 Å². The van der Waals surface area contributed by atoms with Crippen LogP contribution in [0.3, 0.4) is 0 Å². The van der Waals surface area contributed by atoms with Crippen LogP contribution in [0.5, 0.6) is 0 Å². The van der Waals surface area contributed by atoms with Gasteiger partial charge in [-0.1, -0.05) is 0 Å². The zero-order chi connectivity index (χ0) is 14.5. The van der Waals surface area contributed by atoms with E-state index >= 15 is 0 Å². The van der Waals surface area contributed by atoms with E-state index in [1.807, 2.05) is 4.90 Å². The highest BCUT2D eigenvalue weighted by Gasteiger charge is 2.28. The first-order valence-electron chi connectivity index (χ1n) is 6.95. The molecule has 20 heavy (non-hydrogen) atoms. The Morgan fingerprint density at radius 3 is 2.50 bits per heavy atom. The zero-order valence-corrected chi connectivity index (χ0v) is 11.4. The monoisotopic (exact) mass is 276 g/mol. The minimum absolute atomic E-state index is 0.0125. The van der Waals surface area contributed by atoms with Gasteiger partial charge in [-0.05, 0) is 49.9 Å². The molecular formula is C15H20N2O3. The van der Waals surface area contributed by atoms with Crippen LogP contribution in [0.1, 0.15) is 46.4 Å². The maximum atomic E-state index is 12.4. The van der Waals surface area contributed by atoms with Crippen molar-refractivity contribution in [3.05, 3.63) is 35.4 Å². The Morgan fingerprint density at radius 2 is 1.90 bits per heavy atom. The number of carbonyl (C=O) groups excluding carboxylic acids is 2. The number of likely N-dealkylation sites (tertiary alicyclic amines) is 1. The molecule has 1 atom stereocenters. The van der Waals surface area contributed by atoms with E-state index in [9.17, 15) is 9.59 Å². The van der Waals surface area contributed by atoms with E-state index in [1.165, 1.54) is 0 Å². The van der Waals surface area contributed by atoms with Gasteiger partial charge in [0.15, 0.2) is 0 Å². The van der Waals surface area contributed by atoms with Crippen LogP contribution in [0, 0.1) is 0 Å². The van der Waals surface area contributed by atoms with Crippen LogP contribution in [0.4, 0.5) is 0 Å². The standard InChI is InChI=1S/C15H20N2O3/c16-14(19)11-5-7-12(8-6-11)15(20)17-9-1-3-13(17)4-2-10-18/h5-8,13,18H,1-4,9-10H2,(H2,16,19). The predicted molar refractivity (Wildman–Crippen MR) is 75.3 cm³/mol. The Kier molecular flexibility index (Phi) is 4.74. The molecule has 3 N–H and O–H groups in total. The molecule has 1 fully saturated rings. The summed E-state index contributed by atoms with van der Waals surface area (Å²) in [5.74, 6) is -0.507. The lowest BCUT2D eigenvalue weighted by Crippen LogP contribution is -2.35. The van der Waals surface area contributed by atoms with Crippen LogP contribution in [0.2, 0.25) is 0 Å². The van der Waals surface area contributed by atoms with Gasteiger partial charge in [-0.2, -0.15) is 0 Å². The highest BCUT2D eigenvalue weighted by atomic mass is 16.3. The van der Waals surface area contributed by atoms with E-state index in [2.05, 4.69) is 0 Å². The van der Waals surface area contributed by atoms with Gasteiger partial charge in [-0.3, -0.25) is 9.59 Å². The lowest BCUT2D eigenvalue weighted by molar-refractivity contribution is 0.0724. The first-order valence-corrected chi connectivity index (χ1v) is 6.95. The highest BCUT2D eigenvalue weighted by molar-refractivity contribution is 5.97. The largest absolute Gasteiger partial charge is 0.396 e. The van der Waals surface area contributed by atoms with Gasteiger partial charge in [0.05, 0.1) is 0 Å². The van der Waals surface area contributed by atoms with Crippen molar-refractivity contribution >= 4 is 11.8 Å². The Labute approximate surface area is 118 Å². The third-order valence-electron chi connectivity index (χ3n) is 3.75. The van der Waals surface area contributed by atoms with Gasteiger partial charge in [0.25, 0.3) is 5.91 Å². The fourth-order valence-corrected chi connectivity index (χ4v) is 2.67. The molecule has 5 nitrogen and oxygen atoms in total. The third kappa shape index (κ3) is 3.17. The molecule has 1 heterocycles. The van der Waals surface area contributed by atoms with Gasteiger partial charge in [-0.15, -0.1) is 0 Å². The van der Waals surface area contributed by atoms with Gasteiger partial charge in [0.1, 0.15) is 0 Å². The van der Waals surface area contributed by atoms with E-state index in [0.717, 1.165) is 32.2 Å². The maximum Gasteiger partial charge on any atom is 0.254 e. The molecule has 108 valence electrons. The quantitative estimate of drug-likeness (QED) is 0.846. The number of benzene rings is 1. The fourth-order valence-electron chi connectivity index (χ4n) is 2.67. The molecule has 2 rings (SSSR count). The molecule has 1 saturated heterocycles. The van der Waals surface area contributed by atoms with E-state index < -0.39 is 5.91 Å². The number of aliphatic hydroxyl groups is 1. The SMILES string of the molecule is NC(=O)c1ccc(C(=O)N2CCCC2CCCO)cc1. The Hall–Kier alpha value is -1.88. The average Bonchev–Trinajstić information content (AvgIpc) is 2.92. The molecule has 1 aliphatic heterocycles. The molecule has 0 aromatic heterocycles. The number of carbonyl (C=O) groups is 2. The van der Waals surface area contributed by atoms with Crippen LogP contribution in [-0.2, 0) is 0 Å². The zero-order valence-electron chi connectivity index (χ0n) is 11.4. The average molecular weight is 276 g/mol. The van der Waals surface area contributed by atoms with E-state index in [0.29, 0.717) is 11.1 Å². The lowest BCUT2D eigenvalue weighted by Gasteiger charge is -2.24. The number of hydrogen-bond donors (Lipinski definition) is 2. The summed E-state index contributed by atoms with van der Waals surface area (Å²) in [6.45, 7) is 0.915. The predicted octanol–water partition coefficient (Wildman–Crippen LogP) is 1.16. The van der Waals surface area contributed by atoms with Crippen molar-refractivity contribution in [2.24, 2.45) is 5.73 Å². The molecule has 1 unspecified atom stereocenters. The van der Waals surface area contributed by atoms with Crippen molar-refractivity contribution in [1.82, 2.24) is 4.90 Å². The summed E-state index contributed by atoms with van der Waals surface area (Å²) in [5.41, 5.74) is 6.16. The molecule has 0 bridgehead atoms. The summed E-state index contributed by atoms with van der Waals surface area (Å²) in [5, 5.41) is 8.90. The molecule has 0 spiro atoms. The number of hydrogen-bond acceptors (Lipinski definition) is 3. The molecule has 2 amide bonds. The van der Waals surface area contributed by atoms with Crippen LogP contribution < -0.4 is 5.73 Å². The number of primary amides is 1. The summed E-state index contributed by atoms with van der Waals surface area (Å²) in [6, 6.07) is 6.65. The minimum atomic E-state index is -0.494. The first-order chi connectivity index (χ1) is 9.63. The molecule has 5 heteroatoms. The van der Waals surface area contributed by atoms with Crippen LogP contribution in [0.25, 0.3) is 0 Å². The molecule has 0 aliphatic carbocycles. The van der Waals surface area contributed by atoms with Gasteiger partial charge in [-0.25, -0.2) is 0 Å². The van der Waals surface area contributed by atoms with E-state index in [-0.39, 0.29) is 18.6 Å². The Morgan fingerprint density at radius 1 is 1.25 bits per heavy atom. The normalized spacial score (nSPS) is 18.2. The molecule has 1 aliphatic rings. The van der Waals surface area contributed by atoms with Gasteiger partial charge in [0.2, 0.25) is 5.91 Å². The van der Waals surface area contributed by atoms with Crippen molar-refractivity contribution in [2.45, 2.75) is 31.7 Å². The van der Waals surface area contributed by atoms with Crippen molar-refractivity contribution in [3.8, 4) is 0 Å². The fraction of sp³-hybridized carbons (Fsp3) is 0.467. The number of nitrogens with two attached hydrogens (primary N) is 1. The smallest absolute Gasteiger partial charge is 0.254 e. The number of nitrogens with zero attached hydrogens (tertiary/aromatic N) is 1. The van der Waals surface area contributed by atoms with Gasteiger partial charge >= 0.3 is 0 Å². The van der Waals surface area contributed by atoms with Gasteiger partial charge in [0, 0.05) is 30.3 Å².